The number of carboxylic acids is 1. The van der Waals surface area contributed by atoms with Crippen molar-refractivity contribution in [1.82, 2.24) is 0 Å². The monoisotopic (exact) mass is 192 g/mol. The number of rotatable bonds is 4. The molecule has 0 saturated carbocycles. The Kier molecular flexibility index (Phi) is 3.40. The topological polar surface area (TPSA) is 54.4 Å². The van der Waals surface area contributed by atoms with Crippen molar-refractivity contribution in [2.75, 3.05) is 0 Å². The molecule has 0 radical (unpaired) electrons. The van der Waals surface area contributed by atoms with Gasteiger partial charge in [-0.3, -0.25) is 9.59 Å². The van der Waals surface area contributed by atoms with E-state index in [4.69, 9.17) is 5.11 Å². The van der Waals surface area contributed by atoms with Crippen molar-refractivity contribution in [2.24, 2.45) is 5.92 Å². The fraction of sp³-hybridized carbons (Fsp3) is 0.273. The average molecular weight is 192 g/mol. The second-order valence-electron chi connectivity index (χ2n) is 3.19. The molecule has 14 heavy (non-hydrogen) atoms. The molecule has 0 saturated heterocycles. The first-order valence-electron chi connectivity index (χ1n) is 4.38. The first kappa shape index (κ1) is 10.4. The van der Waals surface area contributed by atoms with Gasteiger partial charge in [0.15, 0.2) is 0 Å². The van der Waals surface area contributed by atoms with Crippen LogP contribution in [0.25, 0.3) is 0 Å². The molecule has 1 unspecified atom stereocenters. The molecule has 0 aliphatic carbocycles. The minimum atomic E-state index is -1.05. The lowest BCUT2D eigenvalue weighted by atomic mass is 9.96. The fourth-order valence-electron chi connectivity index (χ4n) is 1.25. The van der Waals surface area contributed by atoms with Gasteiger partial charge in [0.2, 0.25) is 0 Å². The predicted octanol–water partition coefficient (Wildman–Crippen LogP) is 1.52. The molecule has 0 spiro atoms. The molecule has 74 valence electrons. The van der Waals surface area contributed by atoms with E-state index in [-0.39, 0.29) is 12.2 Å². The van der Waals surface area contributed by atoms with Gasteiger partial charge < -0.3 is 5.11 Å². The van der Waals surface area contributed by atoms with E-state index in [1.165, 1.54) is 6.92 Å². The van der Waals surface area contributed by atoms with Gasteiger partial charge in [-0.15, -0.1) is 0 Å². The molecule has 0 aromatic heterocycles. The van der Waals surface area contributed by atoms with Crippen LogP contribution in [0.4, 0.5) is 0 Å². The lowest BCUT2D eigenvalue weighted by Gasteiger charge is -2.07. The number of carbonyl (C=O) groups excluding carboxylic acids is 1. The van der Waals surface area contributed by atoms with E-state index in [2.05, 4.69) is 0 Å². The molecule has 0 aliphatic rings. The molecule has 1 aromatic carbocycles. The van der Waals surface area contributed by atoms with Crippen LogP contribution < -0.4 is 0 Å². The second kappa shape index (κ2) is 4.56. The summed E-state index contributed by atoms with van der Waals surface area (Å²) in [5.74, 6) is -2.28. The molecule has 1 N–H and O–H groups in total. The number of carbonyl (C=O) groups is 2. The Hall–Kier alpha value is -1.64. The van der Waals surface area contributed by atoms with Gasteiger partial charge in [0.25, 0.3) is 0 Å². The minimum Gasteiger partial charge on any atom is -0.481 e. The molecule has 0 aliphatic heterocycles. The van der Waals surface area contributed by atoms with Crippen LogP contribution in [0.3, 0.4) is 0 Å². The van der Waals surface area contributed by atoms with Gasteiger partial charge in [0, 0.05) is 0 Å². The van der Waals surface area contributed by atoms with E-state index in [0.29, 0.717) is 0 Å². The van der Waals surface area contributed by atoms with E-state index in [9.17, 15) is 9.59 Å². The van der Waals surface area contributed by atoms with Gasteiger partial charge in [0.1, 0.15) is 11.7 Å². The van der Waals surface area contributed by atoms with Gasteiger partial charge in [0.05, 0.1) is 0 Å². The lowest BCUT2D eigenvalue weighted by molar-refractivity contribution is -0.145. The number of hydrogen-bond acceptors (Lipinski definition) is 2. The van der Waals surface area contributed by atoms with Crippen LogP contribution in [-0.4, -0.2) is 16.9 Å². The van der Waals surface area contributed by atoms with Crippen molar-refractivity contribution in [3.63, 3.8) is 0 Å². The predicted molar refractivity (Wildman–Crippen MR) is 52.0 cm³/mol. The third-order valence-electron chi connectivity index (χ3n) is 2.07. The maximum absolute atomic E-state index is 11.0. The lowest BCUT2D eigenvalue weighted by Crippen LogP contribution is -2.23. The molecule has 3 heteroatoms. The maximum Gasteiger partial charge on any atom is 0.314 e. The van der Waals surface area contributed by atoms with Gasteiger partial charge >= 0.3 is 5.97 Å². The highest BCUT2D eigenvalue weighted by Gasteiger charge is 2.22. The molecule has 1 atom stereocenters. The molecule has 0 amide bonds. The van der Waals surface area contributed by atoms with Gasteiger partial charge in [-0.25, -0.2) is 0 Å². The van der Waals surface area contributed by atoms with E-state index >= 15 is 0 Å². The largest absolute Gasteiger partial charge is 0.481 e. The fourth-order valence-corrected chi connectivity index (χ4v) is 1.25. The minimum absolute atomic E-state index is 0.269. The highest BCUT2D eigenvalue weighted by Crippen LogP contribution is 2.09. The van der Waals surface area contributed by atoms with Crippen LogP contribution in [0, 0.1) is 5.92 Å². The highest BCUT2D eigenvalue weighted by molar-refractivity contribution is 5.97. The van der Waals surface area contributed by atoms with Crippen LogP contribution in [0.15, 0.2) is 30.3 Å². The summed E-state index contributed by atoms with van der Waals surface area (Å²) in [4.78, 5) is 21.7. The third-order valence-corrected chi connectivity index (χ3v) is 2.07. The van der Waals surface area contributed by atoms with Crippen LogP contribution in [0.2, 0.25) is 0 Å². The third kappa shape index (κ3) is 2.69. The summed E-state index contributed by atoms with van der Waals surface area (Å²) in [5, 5.41) is 8.78. The van der Waals surface area contributed by atoms with Crippen LogP contribution in [-0.2, 0) is 16.0 Å². The summed E-state index contributed by atoms with van der Waals surface area (Å²) in [5.41, 5.74) is 0.870. The van der Waals surface area contributed by atoms with E-state index < -0.39 is 11.9 Å². The summed E-state index contributed by atoms with van der Waals surface area (Å²) in [6.07, 6.45) is 0.269. The van der Waals surface area contributed by atoms with Crippen molar-refractivity contribution in [1.29, 1.82) is 0 Å². The zero-order chi connectivity index (χ0) is 10.6. The zero-order valence-electron chi connectivity index (χ0n) is 7.93. The van der Waals surface area contributed by atoms with Crippen molar-refractivity contribution < 1.29 is 14.7 Å². The summed E-state index contributed by atoms with van der Waals surface area (Å²) in [6, 6.07) is 9.15. The van der Waals surface area contributed by atoms with E-state index in [0.717, 1.165) is 5.56 Å². The summed E-state index contributed by atoms with van der Waals surface area (Å²) in [6.45, 7) is 1.31. The maximum atomic E-state index is 11.0. The van der Waals surface area contributed by atoms with E-state index in [1.54, 1.807) is 0 Å². The smallest absolute Gasteiger partial charge is 0.314 e. The number of benzene rings is 1. The quantitative estimate of drug-likeness (QED) is 0.736. The molecule has 3 nitrogen and oxygen atoms in total. The number of Topliss-reactive ketones (excluding diaryl/α,β-unsaturated/α-hetero) is 1. The van der Waals surface area contributed by atoms with Crippen LogP contribution in [0.5, 0.6) is 0 Å². The average Bonchev–Trinajstić information content (AvgIpc) is 2.15. The zero-order valence-corrected chi connectivity index (χ0v) is 7.93. The Bertz CT molecular complexity index is 316. The number of ketones is 1. The van der Waals surface area contributed by atoms with Crippen molar-refractivity contribution >= 4 is 11.8 Å². The SMILES string of the molecule is CC(=O)C(Cc1ccccc1)C(=O)O. The molecular weight excluding hydrogens is 180 g/mol. The Morgan fingerprint density at radius 2 is 1.86 bits per heavy atom. The Labute approximate surface area is 82.4 Å². The highest BCUT2D eigenvalue weighted by atomic mass is 16.4. The molecule has 1 rings (SSSR count). The Morgan fingerprint density at radius 1 is 1.29 bits per heavy atom. The first-order valence-corrected chi connectivity index (χ1v) is 4.38. The van der Waals surface area contributed by atoms with Crippen LogP contribution >= 0.6 is 0 Å². The number of aliphatic carboxylic acids is 1. The van der Waals surface area contributed by atoms with Crippen molar-refractivity contribution in [3.8, 4) is 0 Å². The molecule has 0 heterocycles. The Morgan fingerprint density at radius 3 is 2.29 bits per heavy atom. The number of hydrogen-bond donors (Lipinski definition) is 1. The van der Waals surface area contributed by atoms with Gasteiger partial charge in [-0.1, -0.05) is 30.3 Å². The molecular formula is C11H12O3. The van der Waals surface area contributed by atoms with E-state index in [1.807, 2.05) is 30.3 Å². The summed E-state index contributed by atoms with van der Waals surface area (Å²) in [7, 11) is 0. The summed E-state index contributed by atoms with van der Waals surface area (Å²) < 4.78 is 0. The van der Waals surface area contributed by atoms with Gasteiger partial charge in [-0.05, 0) is 18.9 Å². The molecule has 0 bridgehead atoms. The number of carboxylic acid groups (broad SMARTS) is 1. The molecule has 0 fully saturated rings. The van der Waals surface area contributed by atoms with Crippen molar-refractivity contribution in [2.45, 2.75) is 13.3 Å². The van der Waals surface area contributed by atoms with Crippen molar-refractivity contribution in [3.05, 3.63) is 35.9 Å². The Balaban J connectivity index is 2.75. The molecule has 1 aromatic rings. The van der Waals surface area contributed by atoms with Crippen LogP contribution in [0.1, 0.15) is 12.5 Å². The normalized spacial score (nSPS) is 12.1. The van der Waals surface area contributed by atoms with Gasteiger partial charge in [-0.2, -0.15) is 0 Å². The first-order chi connectivity index (χ1) is 6.61. The standard InChI is InChI=1S/C11H12O3/c1-8(12)10(11(13)14)7-9-5-3-2-4-6-9/h2-6,10H,7H2,1H3,(H,13,14). The summed E-state index contributed by atoms with van der Waals surface area (Å²) >= 11 is 0. The second-order valence-corrected chi connectivity index (χ2v) is 3.19.